The summed E-state index contributed by atoms with van der Waals surface area (Å²) in [5.41, 5.74) is 4.15. The number of nitrogens with zero attached hydrogens (tertiary/aromatic N) is 1. The topological polar surface area (TPSA) is 42.7 Å². The van der Waals surface area contributed by atoms with Crippen molar-refractivity contribution in [3.63, 3.8) is 0 Å². The molecule has 1 aliphatic heterocycles. The van der Waals surface area contributed by atoms with Gasteiger partial charge in [-0.1, -0.05) is 37.6 Å². The highest BCUT2D eigenvalue weighted by Crippen LogP contribution is 2.47. The van der Waals surface area contributed by atoms with Crippen LogP contribution in [0.4, 0.5) is 0 Å². The van der Waals surface area contributed by atoms with Crippen molar-refractivity contribution in [3.8, 4) is 0 Å². The Kier molecular flexibility index (Phi) is 10.5. The lowest BCUT2D eigenvalue weighted by atomic mass is 9.77. The first-order valence-electron chi connectivity index (χ1n) is 13.2. The summed E-state index contributed by atoms with van der Waals surface area (Å²) in [5.74, 6) is 1.000. The van der Waals surface area contributed by atoms with Crippen molar-refractivity contribution in [2.45, 2.75) is 51.0 Å². The Morgan fingerprint density at radius 3 is 2.55 bits per heavy atom. The van der Waals surface area contributed by atoms with Gasteiger partial charge in [-0.3, -0.25) is 4.79 Å². The van der Waals surface area contributed by atoms with Crippen molar-refractivity contribution < 1.29 is 13.9 Å². The van der Waals surface area contributed by atoms with E-state index in [2.05, 4.69) is 93.4 Å². The highest BCUT2D eigenvalue weighted by molar-refractivity contribution is 14.1. The molecule has 1 atom stereocenters. The van der Waals surface area contributed by atoms with Gasteiger partial charge in [-0.25, -0.2) is 0 Å². The Balaban J connectivity index is 0.00000336. The Hall–Kier alpha value is -1.20. The van der Waals surface area contributed by atoms with Crippen LogP contribution >= 0.6 is 57.6 Å². The van der Waals surface area contributed by atoms with Gasteiger partial charge < -0.3 is 14.1 Å². The van der Waals surface area contributed by atoms with E-state index in [9.17, 15) is 4.79 Å². The number of furan rings is 1. The monoisotopic (exact) mass is 757 g/mol. The molecule has 0 spiro atoms. The minimum atomic E-state index is -0.704. The highest BCUT2D eigenvalue weighted by atomic mass is 127. The highest BCUT2D eigenvalue weighted by Gasteiger charge is 2.40. The lowest BCUT2D eigenvalue weighted by Gasteiger charge is -2.36. The summed E-state index contributed by atoms with van der Waals surface area (Å²) in [4.78, 5) is 14.7. The summed E-state index contributed by atoms with van der Waals surface area (Å²) < 4.78 is 15.8. The first-order valence-corrected chi connectivity index (χ1v) is 15.4. The van der Waals surface area contributed by atoms with E-state index in [0.717, 1.165) is 91.3 Å². The van der Waals surface area contributed by atoms with Crippen LogP contribution in [-0.4, -0.2) is 37.4 Å². The van der Waals surface area contributed by atoms with E-state index in [0.29, 0.717) is 13.0 Å². The molecule has 0 N–H and O–H groups in total. The SMILES string of the molecule is CCCCc1oc2ccccc2c1C1(OCCN2CCCC2)C=CC(C=O)=C(c2cc(I)cc(I)c2)C1.Cl. The van der Waals surface area contributed by atoms with Crippen molar-refractivity contribution >= 4 is 80.4 Å². The molecule has 3 aromatic rings. The number of para-hydroxylation sites is 1. The number of allylic oxidation sites excluding steroid dienone is 2. The number of benzene rings is 2. The van der Waals surface area contributed by atoms with E-state index < -0.39 is 5.60 Å². The number of aryl methyl sites for hydroxylation is 1. The van der Waals surface area contributed by atoms with Gasteiger partial charge in [-0.2, -0.15) is 0 Å². The van der Waals surface area contributed by atoms with Gasteiger partial charge >= 0.3 is 0 Å². The average Bonchev–Trinajstić information content (AvgIpc) is 3.54. The maximum Gasteiger partial charge on any atom is 0.150 e. The summed E-state index contributed by atoms with van der Waals surface area (Å²) in [5, 5.41) is 1.10. The maximum atomic E-state index is 12.2. The summed E-state index contributed by atoms with van der Waals surface area (Å²) >= 11 is 4.71. The van der Waals surface area contributed by atoms with Crippen LogP contribution in [0, 0.1) is 7.14 Å². The van der Waals surface area contributed by atoms with Gasteiger partial charge in [-0.05, 0) is 119 Å². The molecule has 7 heteroatoms. The molecule has 2 heterocycles. The Morgan fingerprint density at radius 1 is 1.11 bits per heavy atom. The van der Waals surface area contributed by atoms with Gasteiger partial charge in [0.15, 0.2) is 0 Å². The molecule has 5 rings (SSSR count). The predicted molar refractivity (Wildman–Crippen MR) is 174 cm³/mol. The third-order valence-corrected chi connectivity index (χ3v) is 8.72. The van der Waals surface area contributed by atoms with Crippen LogP contribution < -0.4 is 0 Å². The fourth-order valence-corrected chi connectivity index (χ4v) is 7.57. The zero-order valence-corrected chi connectivity index (χ0v) is 26.8. The number of unbranched alkanes of at least 4 members (excludes halogenated alkanes) is 1. The van der Waals surface area contributed by atoms with E-state index in [1.54, 1.807) is 0 Å². The molecule has 4 nitrogen and oxygen atoms in total. The second kappa shape index (κ2) is 13.4. The number of carbonyl (C=O) groups is 1. The first-order chi connectivity index (χ1) is 18.0. The van der Waals surface area contributed by atoms with Gasteiger partial charge in [0.2, 0.25) is 0 Å². The number of fused-ring (bicyclic) bond motifs is 1. The van der Waals surface area contributed by atoms with E-state index in [1.165, 1.54) is 12.8 Å². The summed E-state index contributed by atoms with van der Waals surface area (Å²) in [6.45, 7) is 6.04. The number of carbonyl (C=O) groups excluding carboxylic acids is 1. The summed E-state index contributed by atoms with van der Waals surface area (Å²) in [7, 11) is 0. The zero-order chi connectivity index (χ0) is 25.8. The van der Waals surface area contributed by atoms with Crippen LogP contribution in [0.2, 0.25) is 0 Å². The molecule has 38 heavy (non-hydrogen) atoms. The minimum absolute atomic E-state index is 0. The van der Waals surface area contributed by atoms with Crippen molar-refractivity contribution in [3.05, 3.63) is 84.2 Å². The van der Waals surface area contributed by atoms with Gasteiger partial charge in [-0.15, -0.1) is 12.4 Å². The van der Waals surface area contributed by atoms with E-state index in [-0.39, 0.29) is 12.4 Å². The molecular weight excluding hydrogens is 724 g/mol. The Bertz CT molecular complexity index is 1320. The van der Waals surface area contributed by atoms with Crippen LogP contribution in [0.15, 0.2) is 64.6 Å². The number of hydrogen-bond acceptors (Lipinski definition) is 4. The largest absolute Gasteiger partial charge is 0.461 e. The lowest BCUT2D eigenvalue weighted by molar-refractivity contribution is -0.104. The molecule has 1 aromatic heterocycles. The number of ether oxygens (including phenoxy) is 1. The van der Waals surface area contributed by atoms with Crippen molar-refractivity contribution in [1.82, 2.24) is 4.90 Å². The summed E-state index contributed by atoms with van der Waals surface area (Å²) in [6.07, 6.45) is 11.2. The molecule has 0 bridgehead atoms. The molecule has 202 valence electrons. The van der Waals surface area contributed by atoms with E-state index in [1.807, 2.05) is 18.2 Å². The minimum Gasteiger partial charge on any atom is -0.461 e. The molecule has 2 aliphatic rings. The summed E-state index contributed by atoms with van der Waals surface area (Å²) in [6, 6.07) is 14.8. The average molecular weight is 758 g/mol. The quantitative estimate of drug-likeness (QED) is 0.154. The first kappa shape index (κ1) is 29.8. The third-order valence-electron chi connectivity index (χ3n) is 7.47. The Morgan fingerprint density at radius 2 is 1.84 bits per heavy atom. The lowest BCUT2D eigenvalue weighted by Crippen LogP contribution is -2.34. The Labute approximate surface area is 258 Å². The molecule has 2 aromatic carbocycles. The van der Waals surface area contributed by atoms with Crippen LogP contribution in [0.25, 0.3) is 16.5 Å². The molecule has 1 saturated heterocycles. The smallest absolute Gasteiger partial charge is 0.150 e. The number of hydrogen-bond donors (Lipinski definition) is 0. The number of halogens is 3. The second-order valence-corrected chi connectivity index (χ2v) is 12.5. The molecule has 1 unspecified atom stereocenters. The molecule has 0 saturated carbocycles. The van der Waals surface area contributed by atoms with E-state index >= 15 is 0 Å². The fraction of sp³-hybridized carbons (Fsp3) is 0.387. The number of aldehydes is 1. The van der Waals surface area contributed by atoms with Crippen LogP contribution in [0.5, 0.6) is 0 Å². The van der Waals surface area contributed by atoms with Crippen LogP contribution in [0.1, 0.15) is 55.9 Å². The molecule has 1 fully saturated rings. The third kappa shape index (κ3) is 6.40. The van der Waals surface area contributed by atoms with Gasteiger partial charge in [0, 0.05) is 43.0 Å². The predicted octanol–water partition coefficient (Wildman–Crippen LogP) is 8.33. The molecule has 0 amide bonds. The van der Waals surface area contributed by atoms with Gasteiger partial charge in [0.05, 0.1) is 6.61 Å². The second-order valence-electron chi connectivity index (χ2n) is 10.0. The standard InChI is InChI=1S/C31H33I2NO3.ClH/c1-2-3-9-29-30(26-8-4-5-10-28(26)37-29)31(36-16-15-34-13-6-7-14-34)12-11-22(21-35)27(20-31)23-17-24(32)19-25(33)18-23;/h4-5,8,10-12,17-19,21H,2-3,6-7,9,13-16,20H2,1H3;1H. The van der Waals surface area contributed by atoms with Crippen molar-refractivity contribution in [2.75, 3.05) is 26.2 Å². The molecule has 1 aliphatic carbocycles. The van der Waals surface area contributed by atoms with Crippen LogP contribution in [-0.2, 0) is 21.6 Å². The normalized spacial score (nSPS) is 19.8. The van der Waals surface area contributed by atoms with Crippen molar-refractivity contribution in [1.29, 1.82) is 0 Å². The fourth-order valence-electron chi connectivity index (χ4n) is 5.64. The van der Waals surface area contributed by atoms with Crippen LogP contribution in [0.3, 0.4) is 0 Å². The molecule has 0 radical (unpaired) electrons. The van der Waals surface area contributed by atoms with Gasteiger partial charge in [0.1, 0.15) is 23.2 Å². The number of likely N-dealkylation sites (tertiary alicyclic amines) is 1. The van der Waals surface area contributed by atoms with Crippen molar-refractivity contribution in [2.24, 2.45) is 0 Å². The number of rotatable bonds is 10. The maximum absolute atomic E-state index is 12.2. The molecular formula is C31H34ClI2NO3. The van der Waals surface area contributed by atoms with Gasteiger partial charge in [0.25, 0.3) is 0 Å². The zero-order valence-electron chi connectivity index (χ0n) is 21.7. The van der Waals surface area contributed by atoms with E-state index in [4.69, 9.17) is 9.15 Å².